The van der Waals surface area contributed by atoms with Crippen LogP contribution in [0.3, 0.4) is 0 Å². The molecule has 0 saturated heterocycles. The zero-order valence-electron chi connectivity index (χ0n) is 4.28. The monoisotopic (exact) mass is 102 g/mol. The summed E-state index contributed by atoms with van der Waals surface area (Å²) < 4.78 is 0. The summed E-state index contributed by atoms with van der Waals surface area (Å²) >= 11 is 0. The van der Waals surface area contributed by atoms with Gasteiger partial charge in [-0.1, -0.05) is 6.42 Å². The van der Waals surface area contributed by atoms with Crippen LogP contribution in [0, 0.1) is 0 Å². The third-order valence-corrected chi connectivity index (χ3v) is 1.68. The fourth-order valence-electron chi connectivity index (χ4n) is 0.322. The first-order chi connectivity index (χ1) is 2.91. The number of hydrogen-bond donors (Lipinski definition) is 1. The standard InChI is InChI=1S/C4H12NSi/c1-6-4-2-3-5/h6H,2-5H2,1H3/q-1. The minimum Gasteiger partial charge on any atom is -0.331 e. The molecule has 0 radical (unpaired) electrons. The predicted molar refractivity (Wildman–Crippen MR) is 31.5 cm³/mol. The molecule has 38 valence electrons. The molecule has 0 saturated carbocycles. The highest BCUT2D eigenvalue weighted by atomic mass is 28.2. The average molecular weight is 102 g/mol. The van der Waals surface area contributed by atoms with Crippen LogP contribution in [0.2, 0.25) is 12.6 Å². The molecular formula is C4H12NSi-. The van der Waals surface area contributed by atoms with Gasteiger partial charge in [-0.2, -0.15) is 12.6 Å². The largest absolute Gasteiger partial charge is 0.331 e. The molecule has 2 heteroatoms. The van der Waals surface area contributed by atoms with Crippen molar-refractivity contribution < 1.29 is 0 Å². The van der Waals surface area contributed by atoms with Gasteiger partial charge in [-0.15, -0.1) is 0 Å². The first-order valence-corrected chi connectivity index (χ1v) is 4.37. The topological polar surface area (TPSA) is 26.0 Å². The molecule has 0 fully saturated rings. The van der Waals surface area contributed by atoms with E-state index < -0.39 is 0 Å². The third kappa shape index (κ3) is 4.18. The molecule has 0 aliphatic heterocycles. The van der Waals surface area contributed by atoms with E-state index in [1.54, 1.807) is 0 Å². The smallest absolute Gasteiger partial charge is 0.0105 e. The fourth-order valence-corrected chi connectivity index (χ4v) is 0.966. The number of nitrogens with two attached hydrogens (primary N) is 1. The van der Waals surface area contributed by atoms with Gasteiger partial charge in [0.25, 0.3) is 0 Å². The van der Waals surface area contributed by atoms with Crippen LogP contribution in [0.1, 0.15) is 6.42 Å². The summed E-state index contributed by atoms with van der Waals surface area (Å²) in [4.78, 5) is 0. The Labute approximate surface area is 41.7 Å². The number of hydrogen-bond acceptors (Lipinski definition) is 1. The molecule has 6 heavy (non-hydrogen) atoms. The van der Waals surface area contributed by atoms with Crippen LogP contribution in [0.4, 0.5) is 0 Å². The Hall–Kier alpha value is 0.177. The van der Waals surface area contributed by atoms with E-state index in [4.69, 9.17) is 5.73 Å². The number of rotatable bonds is 3. The predicted octanol–water partition coefficient (Wildman–Crippen LogP) is 0.238. The van der Waals surface area contributed by atoms with Crippen molar-refractivity contribution in [2.75, 3.05) is 6.54 Å². The molecule has 0 unspecified atom stereocenters. The van der Waals surface area contributed by atoms with Crippen molar-refractivity contribution in [2.24, 2.45) is 5.73 Å². The second kappa shape index (κ2) is 5.18. The molecule has 0 bridgehead atoms. The molecule has 0 aliphatic rings. The van der Waals surface area contributed by atoms with Crippen molar-refractivity contribution >= 4 is 9.52 Å². The summed E-state index contributed by atoms with van der Waals surface area (Å²) in [6, 6.07) is 1.37. The Bertz CT molecular complexity index is 19.5. The van der Waals surface area contributed by atoms with Crippen LogP contribution < -0.4 is 5.73 Å². The summed E-state index contributed by atoms with van der Waals surface area (Å²) in [6.07, 6.45) is 1.23. The van der Waals surface area contributed by atoms with E-state index in [1.165, 1.54) is 12.5 Å². The Kier molecular flexibility index (Phi) is 5.33. The van der Waals surface area contributed by atoms with Crippen LogP contribution in [-0.2, 0) is 0 Å². The van der Waals surface area contributed by atoms with Crippen LogP contribution >= 0.6 is 0 Å². The first kappa shape index (κ1) is 6.18. The van der Waals surface area contributed by atoms with E-state index in [1.807, 2.05) is 0 Å². The second-order valence-corrected chi connectivity index (χ2v) is 2.73. The summed E-state index contributed by atoms with van der Waals surface area (Å²) in [5.74, 6) is 0. The van der Waals surface area contributed by atoms with Crippen LogP contribution in [0.5, 0.6) is 0 Å². The van der Waals surface area contributed by atoms with Crippen molar-refractivity contribution in [3.05, 3.63) is 0 Å². The molecule has 0 aromatic carbocycles. The molecular weight excluding hydrogens is 90.1 g/mol. The Balaban J connectivity index is 2.34. The van der Waals surface area contributed by atoms with E-state index >= 15 is 0 Å². The fraction of sp³-hybridized carbons (Fsp3) is 1.00. The lowest BCUT2D eigenvalue weighted by Gasteiger charge is -1.96. The summed E-state index contributed by atoms with van der Waals surface area (Å²) in [7, 11) is 0.704. The molecule has 0 spiro atoms. The minimum atomic E-state index is 0.704. The molecule has 0 atom stereocenters. The lowest BCUT2D eigenvalue weighted by Crippen LogP contribution is -1.98. The van der Waals surface area contributed by atoms with Crippen molar-refractivity contribution in [1.29, 1.82) is 0 Å². The summed E-state index contributed by atoms with van der Waals surface area (Å²) in [5.41, 5.74) is 5.23. The van der Waals surface area contributed by atoms with Gasteiger partial charge in [-0.05, 0) is 6.54 Å². The van der Waals surface area contributed by atoms with Gasteiger partial charge in [0.1, 0.15) is 0 Å². The molecule has 0 aliphatic carbocycles. The molecule has 0 amide bonds. The lowest BCUT2D eigenvalue weighted by molar-refractivity contribution is 0.926. The van der Waals surface area contributed by atoms with Crippen molar-refractivity contribution in [2.45, 2.75) is 19.0 Å². The molecule has 2 N–H and O–H groups in total. The van der Waals surface area contributed by atoms with Gasteiger partial charge in [-0.25, -0.2) is 0 Å². The molecule has 0 aromatic heterocycles. The van der Waals surface area contributed by atoms with Crippen molar-refractivity contribution in [1.82, 2.24) is 0 Å². The van der Waals surface area contributed by atoms with E-state index in [0.29, 0.717) is 9.52 Å². The molecule has 0 rings (SSSR count). The maximum Gasteiger partial charge on any atom is -0.0105 e. The van der Waals surface area contributed by atoms with Crippen LogP contribution in [0.15, 0.2) is 0 Å². The van der Waals surface area contributed by atoms with Crippen LogP contribution in [-0.4, -0.2) is 16.1 Å². The highest BCUT2D eigenvalue weighted by Crippen LogP contribution is 1.81. The highest BCUT2D eigenvalue weighted by Gasteiger charge is 1.67. The Morgan fingerprint density at radius 2 is 2.33 bits per heavy atom. The van der Waals surface area contributed by atoms with Gasteiger partial charge < -0.3 is 5.73 Å². The van der Waals surface area contributed by atoms with Gasteiger partial charge in [0.2, 0.25) is 0 Å². The molecule has 0 aromatic rings. The first-order valence-electron chi connectivity index (χ1n) is 2.39. The van der Waals surface area contributed by atoms with E-state index in [-0.39, 0.29) is 0 Å². The second-order valence-electron chi connectivity index (χ2n) is 1.34. The van der Waals surface area contributed by atoms with Crippen molar-refractivity contribution in [3.8, 4) is 0 Å². The zero-order valence-corrected chi connectivity index (χ0v) is 5.43. The Morgan fingerprint density at radius 3 is 2.50 bits per heavy atom. The minimum absolute atomic E-state index is 0.704. The van der Waals surface area contributed by atoms with Crippen LogP contribution in [0.25, 0.3) is 0 Å². The quantitative estimate of drug-likeness (QED) is 0.401. The molecule has 0 heterocycles. The van der Waals surface area contributed by atoms with Gasteiger partial charge >= 0.3 is 0 Å². The van der Waals surface area contributed by atoms with E-state index in [9.17, 15) is 0 Å². The summed E-state index contributed by atoms with van der Waals surface area (Å²) in [6.45, 7) is 3.14. The third-order valence-electron chi connectivity index (χ3n) is 0.697. The normalized spacial score (nSPS) is 9.00. The highest BCUT2D eigenvalue weighted by molar-refractivity contribution is 6.33. The molecule has 1 nitrogen and oxygen atoms in total. The summed E-state index contributed by atoms with van der Waals surface area (Å²) in [5, 5.41) is 0. The maximum absolute atomic E-state index is 5.23. The van der Waals surface area contributed by atoms with Gasteiger partial charge in [0.15, 0.2) is 0 Å². The van der Waals surface area contributed by atoms with Gasteiger partial charge in [0, 0.05) is 0 Å². The average Bonchev–Trinajstić information content (AvgIpc) is 1.61. The van der Waals surface area contributed by atoms with E-state index in [2.05, 4.69) is 6.55 Å². The maximum atomic E-state index is 5.23. The lowest BCUT2D eigenvalue weighted by atomic mass is 10.5. The Morgan fingerprint density at radius 1 is 1.67 bits per heavy atom. The zero-order chi connectivity index (χ0) is 4.83. The SMILES string of the molecule is C[SiH-]CCCN. The van der Waals surface area contributed by atoms with Gasteiger partial charge in [-0.3, -0.25) is 9.52 Å². The van der Waals surface area contributed by atoms with E-state index in [0.717, 1.165) is 6.54 Å². The van der Waals surface area contributed by atoms with Gasteiger partial charge in [0.05, 0.1) is 0 Å². The van der Waals surface area contributed by atoms with Crippen molar-refractivity contribution in [3.63, 3.8) is 0 Å².